The van der Waals surface area contributed by atoms with E-state index >= 15 is 0 Å². The lowest BCUT2D eigenvalue weighted by Crippen LogP contribution is -2.24. The minimum atomic E-state index is 0.278. The number of rotatable bonds is 4. The zero-order chi connectivity index (χ0) is 13.8. The first-order valence-corrected chi connectivity index (χ1v) is 7.63. The van der Waals surface area contributed by atoms with Crippen LogP contribution in [0.25, 0.3) is 0 Å². The second kappa shape index (κ2) is 6.37. The molecular weight excluding hydrogens is 316 g/mol. The van der Waals surface area contributed by atoms with Crippen molar-refractivity contribution < 1.29 is 4.74 Å². The van der Waals surface area contributed by atoms with Crippen LogP contribution in [0, 0.1) is 0 Å². The van der Waals surface area contributed by atoms with Gasteiger partial charge in [-0.1, -0.05) is 22.0 Å². The van der Waals surface area contributed by atoms with E-state index in [0.717, 1.165) is 42.0 Å². The summed E-state index contributed by atoms with van der Waals surface area (Å²) in [6, 6.07) is 14.1. The van der Waals surface area contributed by atoms with Gasteiger partial charge >= 0.3 is 0 Å². The highest BCUT2D eigenvalue weighted by molar-refractivity contribution is 9.10. The smallest absolute Gasteiger partial charge is 0.119 e. The molecule has 1 aromatic heterocycles. The van der Waals surface area contributed by atoms with Gasteiger partial charge in [0.05, 0.1) is 5.69 Å². The highest BCUT2D eigenvalue weighted by Gasteiger charge is 2.24. The monoisotopic (exact) mass is 332 g/mol. The van der Waals surface area contributed by atoms with Crippen molar-refractivity contribution in [2.45, 2.75) is 19.1 Å². The summed E-state index contributed by atoms with van der Waals surface area (Å²) in [6.45, 7) is 2.94. The van der Waals surface area contributed by atoms with Gasteiger partial charge in [-0.2, -0.15) is 0 Å². The molecule has 1 aliphatic heterocycles. The maximum absolute atomic E-state index is 6.02. The highest BCUT2D eigenvalue weighted by atomic mass is 79.9. The molecule has 1 aliphatic rings. The summed E-state index contributed by atoms with van der Waals surface area (Å²) < 4.78 is 7.09. The van der Waals surface area contributed by atoms with Crippen molar-refractivity contribution in [3.05, 3.63) is 58.8 Å². The van der Waals surface area contributed by atoms with E-state index in [-0.39, 0.29) is 6.10 Å². The Kier molecular flexibility index (Phi) is 4.33. The second-order valence-corrected chi connectivity index (χ2v) is 5.95. The molecule has 1 aromatic carbocycles. The lowest BCUT2D eigenvalue weighted by molar-refractivity contribution is 0.198. The largest absolute Gasteiger partial charge is 0.489 e. The second-order valence-electron chi connectivity index (χ2n) is 5.04. The van der Waals surface area contributed by atoms with Crippen LogP contribution in [0.2, 0.25) is 0 Å². The fourth-order valence-electron chi connectivity index (χ4n) is 2.46. The number of benzene rings is 1. The van der Waals surface area contributed by atoms with Crippen molar-refractivity contribution in [3.8, 4) is 5.75 Å². The average molecular weight is 333 g/mol. The molecule has 3 rings (SSSR count). The summed E-state index contributed by atoms with van der Waals surface area (Å²) in [5.41, 5.74) is 1.12. The highest BCUT2D eigenvalue weighted by Crippen LogP contribution is 2.21. The molecule has 1 saturated heterocycles. The normalized spacial score (nSPS) is 19.1. The van der Waals surface area contributed by atoms with Crippen LogP contribution in [0.15, 0.2) is 53.1 Å². The third kappa shape index (κ3) is 3.58. The number of ether oxygens (including phenoxy) is 1. The molecule has 2 heterocycles. The van der Waals surface area contributed by atoms with E-state index in [4.69, 9.17) is 4.74 Å². The fraction of sp³-hybridized carbons (Fsp3) is 0.312. The molecular formula is C16H17BrN2O. The first-order chi connectivity index (χ1) is 9.79. The number of pyridine rings is 1. The predicted molar refractivity (Wildman–Crippen MR) is 82.7 cm³/mol. The summed E-state index contributed by atoms with van der Waals surface area (Å²) in [5.74, 6) is 0.942. The van der Waals surface area contributed by atoms with Gasteiger partial charge in [0.1, 0.15) is 11.9 Å². The van der Waals surface area contributed by atoms with Crippen LogP contribution in [0.3, 0.4) is 0 Å². The van der Waals surface area contributed by atoms with Gasteiger partial charge in [0.15, 0.2) is 0 Å². The van der Waals surface area contributed by atoms with Gasteiger partial charge in [0.2, 0.25) is 0 Å². The predicted octanol–water partition coefficient (Wildman–Crippen LogP) is 3.50. The fourth-order valence-corrected chi connectivity index (χ4v) is 2.73. The maximum atomic E-state index is 6.02. The van der Waals surface area contributed by atoms with E-state index in [0.29, 0.717) is 0 Å². The van der Waals surface area contributed by atoms with Gasteiger partial charge in [-0.15, -0.1) is 0 Å². The third-order valence-electron chi connectivity index (χ3n) is 3.46. The Balaban J connectivity index is 1.53. The summed E-state index contributed by atoms with van der Waals surface area (Å²) in [4.78, 5) is 6.77. The van der Waals surface area contributed by atoms with Crippen molar-refractivity contribution in [1.82, 2.24) is 9.88 Å². The SMILES string of the molecule is Brc1ccc(OC2CCN(Cc3ccccn3)C2)cc1. The van der Waals surface area contributed by atoms with Gasteiger partial charge < -0.3 is 4.74 Å². The first kappa shape index (κ1) is 13.6. The standard InChI is InChI=1S/C16H17BrN2O/c17-13-4-6-15(7-5-13)20-16-8-10-19(12-16)11-14-3-1-2-9-18-14/h1-7,9,16H,8,10-12H2. The average Bonchev–Trinajstić information content (AvgIpc) is 2.90. The summed E-state index contributed by atoms with van der Waals surface area (Å²) >= 11 is 3.43. The number of nitrogens with zero attached hydrogens (tertiary/aromatic N) is 2. The third-order valence-corrected chi connectivity index (χ3v) is 3.99. The van der Waals surface area contributed by atoms with Gasteiger partial charge in [0.25, 0.3) is 0 Å². The quantitative estimate of drug-likeness (QED) is 0.856. The number of hydrogen-bond donors (Lipinski definition) is 0. The zero-order valence-electron chi connectivity index (χ0n) is 11.2. The minimum absolute atomic E-state index is 0.278. The van der Waals surface area contributed by atoms with Gasteiger partial charge in [0, 0.05) is 30.3 Å². The van der Waals surface area contributed by atoms with Crippen LogP contribution in [0.1, 0.15) is 12.1 Å². The molecule has 0 spiro atoms. The Morgan fingerprint density at radius 3 is 2.80 bits per heavy atom. The van der Waals surface area contributed by atoms with Gasteiger partial charge in [-0.05, 0) is 42.8 Å². The van der Waals surface area contributed by atoms with Crippen LogP contribution in [-0.4, -0.2) is 29.1 Å². The molecule has 0 saturated carbocycles. The lowest BCUT2D eigenvalue weighted by Gasteiger charge is -2.16. The van der Waals surface area contributed by atoms with Crippen LogP contribution < -0.4 is 4.74 Å². The van der Waals surface area contributed by atoms with Crippen LogP contribution >= 0.6 is 15.9 Å². The van der Waals surface area contributed by atoms with Crippen molar-refractivity contribution >= 4 is 15.9 Å². The molecule has 4 heteroatoms. The number of hydrogen-bond acceptors (Lipinski definition) is 3. The number of aromatic nitrogens is 1. The molecule has 1 fully saturated rings. The number of likely N-dealkylation sites (tertiary alicyclic amines) is 1. The molecule has 0 aliphatic carbocycles. The maximum Gasteiger partial charge on any atom is 0.119 e. The molecule has 0 N–H and O–H groups in total. The van der Waals surface area contributed by atoms with E-state index < -0.39 is 0 Å². The molecule has 104 valence electrons. The van der Waals surface area contributed by atoms with Crippen LogP contribution in [0.5, 0.6) is 5.75 Å². The molecule has 1 unspecified atom stereocenters. The van der Waals surface area contributed by atoms with Crippen LogP contribution in [-0.2, 0) is 6.54 Å². The van der Waals surface area contributed by atoms with Gasteiger partial charge in [-0.25, -0.2) is 0 Å². The minimum Gasteiger partial charge on any atom is -0.489 e. The molecule has 0 radical (unpaired) electrons. The van der Waals surface area contributed by atoms with Crippen molar-refractivity contribution in [3.63, 3.8) is 0 Å². The molecule has 0 bridgehead atoms. The lowest BCUT2D eigenvalue weighted by atomic mass is 10.3. The van der Waals surface area contributed by atoms with Crippen molar-refractivity contribution in [2.75, 3.05) is 13.1 Å². The molecule has 20 heavy (non-hydrogen) atoms. The first-order valence-electron chi connectivity index (χ1n) is 6.84. The van der Waals surface area contributed by atoms with E-state index in [1.165, 1.54) is 0 Å². The Morgan fingerprint density at radius 1 is 1.20 bits per heavy atom. The molecule has 3 nitrogen and oxygen atoms in total. The Morgan fingerprint density at radius 2 is 2.05 bits per heavy atom. The topological polar surface area (TPSA) is 25.4 Å². The Hall–Kier alpha value is -1.39. The summed E-state index contributed by atoms with van der Waals surface area (Å²) in [6.07, 6.45) is 3.20. The summed E-state index contributed by atoms with van der Waals surface area (Å²) in [7, 11) is 0. The zero-order valence-corrected chi connectivity index (χ0v) is 12.8. The molecule has 2 aromatic rings. The van der Waals surface area contributed by atoms with E-state index in [1.807, 2.05) is 42.6 Å². The molecule has 1 atom stereocenters. The van der Waals surface area contributed by atoms with E-state index in [9.17, 15) is 0 Å². The Bertz CT molecular complexity index is 544. The summed E-state index contributed by atoms with van der Waals surface area (Å²) in [5, 5.41) is 0. The van der Waals surface area contributed by atoms with Crippen molar-refractivity contribution in [1.29, 1.82) is 0 Å². The van der Waals surface area contributed by atoms with E-state index in [1.54, 1.807) is 0 Å². The van der Waals surface area contributed by atoms with E-state index in [2.05, 4.69) is 31.9 Å². The Labute approximate surface area is 127 Å². The van der Waals surface area contributed by atoms with Crippen molar-refractivity contribution in [2.24, 2.45) is 0 Å². The van der Waals surface area contributed by atoms with Crippen LogP contribution in [0.4, 0.5) is 0 Å². The number of halogens is 1. The van der Waals surface area contributed by atoms with Gasteiger partial charge in [-0.3, -0.25) is 9.88 Å². The molecule has 0 amide bonds.